The Hall–Kier alpha value is 2.29. The summed E-state index contributed by atoms with van der Waals surface area (Å²) in [6, 6.07) is 0. The minimum atomic E-state index is 0. The third kappa shape index (κ3) is 135. The van der Waals surface area contributed by atoms with E-state index in [1.807, 2.05) is 0 Å². The molecule has 0 atom stereocenters. The van der Waals surface area contributed by atoms with Gasteiger partial charge in [0.1, 0.15) is 0 Å². The maximum Gasteiger partial charge on any atom is 3.00 e. The molecule has 0 N–H and O–H groups in total. The largest absolute Gasteiger partial charge is 3.00 e. The Bertz CT molecular complexity index is 13.0. The van der Waals surface area contributed by atoms with E-state index in [1.54, 1.807) is 0 Å². The van der Waals surface area contributed by atoms with E-state index in [0.717, 1.165) is 0 Å². The van der Waals surface area contributed by atoms with E-state index in [2.05, 4.69) is 0 Å². The van der Waals surface area contributed by atoms with Crippen LogP contribution >= 0.6 is 0 Å². The molecule has 0 saturated carbocycles. The minimum absolute atomic E-state index is 0. The van der Waals surface area contributed by atoms with Gasteiger partial charge in [0.05, 0.1) is 0 Å². The van der Waals surface area contributed by atoms with Gasteiger partial charge in [0.25, 0.3) is 0 Å². The van der Waals surface area contributed by atoms with Crippen molar-refractivity contribution in [1.29, 1.82) is 0 Å². The van der Waals surface area contributed by atoms with Gasteiger partial charge in [-0.3, -0.25) is 0 Å². The summed E-state index contributed by atoms with van der Waals surface area (Å²) in [7, 11) is 0. The molecule has 0 fully saturated rings. The molecule has 0 unspecified atom stereocenters. The van der Waals surface area contributed by atoms with Crippen LogP contribution in [0.3, 0.4) is 0 Å². The molecule has 0 amide bonds. The van der Waals surface area contributed by atoms with E-state index in [4.69, 9.17) is 0 Å². The number of hydrogen-bond donors (Lipinski definition) is 0. The van der Waals surface area contributed by atoms with Gasteiger partial charge >= 0.3 is 84.1 Å². The first-order valence-electron chi connectivity index (χ1n) is 0. The van der Waals surface area contributed by atoms with Crippen molar-refractivity contribution in [2.24, 2.45) is 0 Å². The second-order valence-electron chi connectivity index (χ2n) is 0. The van der Waals surface area contributed by atoms with Crippen molar-refractivity contribution in [1.82, 2.24) is 0 Å². The normalized spacial score (nSPS) is 0. The van der Waals surface area contributed by atoms with Crippen molar-refractivity contribution < 1.29 is 47.1 Å². The summed E-state index contributed by atoms with van der Waals surface area (Å²) in [5.74, 6) is 0. The van der Waals surface area contributed by atoms with Crippen molar-refractivity contribution in [3.05, 3.63) is 0 Å². The minimum Gasteiger partial charge on any atom is -1.00 e. The molecule has 0 aromatic heterocycles. The predicted octanol–water partition coefficient (Wildman–Crippen LogP) is -21.7. The van der Waals surface area contributed by atoms with Crippen LogP contribution in [0.15, 0.2) is 0 Å². The predicted molar refractivity (Wildman–Crippen MR) is 11.5 cm³/mol. The molecule has 0 heterocycles. The van der Waals surface area contributed by atoms with Crippen molar-refractivity contribution >= 4 is 65.3 Å². The first-order valence-corrected chi connectivity index (χ1v) is 0. The van der Waals surface area contributed by atoms with E-state index in [-0.39, 0.29) is 112 Å². The van der Waals surface area contributed by atoms with Crippen LogP contribution in [0.2, 0.25) is 0 Å². The molecular formula is F6GaLiSr. The van der Waals surface area contributed by atoms with Crippen LogP contribution in [-0.4, -0.2) is 65.3 Å². The van der Waals surface area contributed by atoms with Crippen LogP contribution in [-0.2, 0) is 0 Å². The number of hydrogen-bond acceptors (Lipinski definition) is 0. The Kier molecular flexibility index (Phi) is 4270. The first-order chi connectivity index (χ1) is 0. The Morgan fingerprint density at radius 2 is 0.444 bits per heavy atom. The van der Waals surface area contributed by atoms with Crippen LogP contribution < -0.4 is 47.1 Å². The van der Waals surface area contributed by atoms with Gasteiger partial charge < -0.3 is 28.2 Å². The van der Waals surface area contributed by atoms with Crippen molar-refractivity contribution in [2.45, 2.75) is 0 Å². The summed E-state index contributed by atoms with van der Waals surface area (Å²) >= 11 is 0. The SMILES string of the molecule is [F-].[F-].[F-].[F-].[F-].[F-].[Ga+3].[Li+].[Sr+2]. The van der Waals surface area contributed by atoms with Crippen LogP contribution in [0.1, 0.15) is 0 Å². The van der Waals surface area contributed by atoms with E-state index in [1.165, 1.54) is 0 Å². The average Bonchev–Trinajstić information content (AvgIpc) is 0. The second kappa shape index (κ2) is 169. The van der Waals surface area contributed by atoms with Crippen molar-refractivity contribution in [3.63, 3.8) is 0 Å². The zero-order valence-electron chi connectivity index (χ0n) is 4.55. The molecule has 0 bridgehead atoms. The number of halogens is 6. The second-order valence-corrected chi connectivity index (χ2v) is 0. The van der Waals surface area contributed by atoms with Crippen LogP contribution in [0.4, 0.5) is 0 Å². The summed E-state index contributed by atoms with van der Waals surface area (Å²) in [4.78, 5) is 0. The monoisotopic (exact) mass is 278 g/mol. The molecule has 0 aliphatic heterocycles. The Morgan fingerprint density at radius 3 is 0.444 bits per heavy atom. The zero-order valence-corrected chi connectivity index (χ0v) is 10.5. The van der Waals surface area contributed by atoms with Crippen LogP contribution in [0, 0.1) is 0 Å². The van der Waals surface area contributed by atoms with E-state index in [0.29, 0.717) is 0 Å². The molecule has 0 aromatic carbocycles. The van der Waals surface area contributed by atoms with Crippen molar-refractivity contribution in [3.8, 4) is 0 Å². The van der Waals surface area contributed by atoms with Crippen molar-refractivity contribution in [2.75, 3.05) is 0 Å². The quantitative estimate of drug-likeness (QED) is 0.305. The number of rotatable bonds is 0. The summed E-state index contributed by atoms with van der Waals surface area (Å²) < 4.78 is 0. The van der Waals surface area contributed by atoms with Crippen LogP contribution in [0.25, 0.3) is 0 Å². The Labute approximate surface area is 111 Å². The molecular weight excluding hydrogens is 278 g/mol. The fourth-order valence-corrected chi connectivity index (χ4v) is 0. The Balaban J connectivity index is 0. The third-order valence-corrected chi connectivity index (χ3v) is 0. The van der Waals surface area contributed by atoms with Gasteiger partial charge in [-0.05, 0) is 0 Å². The molecule has 0 aromatic rings. The van der Waals surface area contributed by atoms with Crippen LogP contribution in [0.5, 0.6) is 0 Å². The molecule has 48 valence electrons. The van der Waals surface area contributed by atoms with E-state index in [9.17, 15) is 0 Å². The topological polar surface area (TPSA) is 0 Å². The standard InChI is InChI=1S/6FH.Ga.Li.Sr/h6*1H;;;/q;;;;;;+3;+1;+2/p-6. The maximum absolute atomic E-state index is 0. The molecule has 9 heteroatoms. The summed E-state index contributed by atoms with van der Waals surface area (Å²) in [6.45, 7) is 0. The fourth-order valence-electron chi connectivity index (χ4n) is 0. The molecule has 0 nitrogen and oxygen atoms in total. The third-order valence-electron chi connectivity index (χ3n) is 0. The maximum atomic E-state index is 0. The molecule has 0 radical (unpaired) electrons. The molecule has 0 spiro atoms. The Morgan fingerprint density at radius 1 is 0.444 bits per heavy atom. The molecule has 0 saturated heterocycles. The van der Waals surface area contributed by atoms with Gasteiger partial charge in [0.15, 0.2) is 0 Å². The van der Waals surface area contributed by atoms with Gasteiger partial charge in [-0.2, -0.15) is 0 Å². The summed E-state index contributed by atoms with van der Waals surface area (Å²) in [5, 5.41) is 0. The van der Waals surface area contributed by atoms with E-state index < -0.39 is 0 Å². The van der Waals surface area contributed by atoms with Gasteiger partial charge in [-0.25, -0.2) is 0 Å². The van der Waals surface area contributed by atoms with Gasteiger partial charge in [-0.15, -0.1) is 0 Å². The van der Waals surface area contributed by atoms with Gasteiger partial charge in [-0.1, -0.05) is 0 Å². The fraction of sp³-hybridized carbons (Fsp3) is 0. The van der Waals surface area contributed by atoms with Gasteiger partial charge in [0.2, 0.25) is 0 Å². The van der Waals surface area contributed by atoms with Gasteiger partial charge in [0, 0.05) is 0 Å². The molecule has 0 aliphatic carbocycles. The summed E-state index contributed by atoms with van der Waals surface area (Å²) in [5.41, 5.74) is 0. The molecule has 0 aliphatic rings. The smallest absolute Gasteiger partial charge is 1.00 e. The van der Waals surface area contributed by atoms with E-state index >= 15 is 0 Å². The zero-order chi connectivity index (χ0) is 0. The molecule has 0 rings (SSSR count). The summed E-state index contributed by atoms with van der Waals surface area (Å²) in [6.07, 6.45) is 0. The molecule has 9 heavy (non-hydrogen) atoms. The first kappa shape index (κ1) is 227. The average molecular weight is 278 g/mol.